The van der Waals surface area contributed by atoms with Gasteiger partial charge in [0.2, 0.25) is 0 Å². The molecule has 0 spiro atoms. The highest BCUT2D eigenvalue weighted by molar-refractivity contribution is 5.97. The van der Waals surface area contributed by atoms with Gasteiger partial charge >= 0.3 is 0 Å². The molecule has 4 heterocycles. The molecular weight excluding hydrogens is 348 g/mol. The maximum absolute atomic E-state index is 13.1. The van der Waals surface area contributed by atoms with E-state index in [1.807, 2.05) is 4.90 Å². The molecule has 2 saturated heterocycles. The van der Waals surface area contributed by atoms with Gasteiger partial charge in [0.25, 0.3) is 5.91 Å². The summed E-state index contributed by atoms with van der Waals surface area (Å²) in [5, 5.41) is 27.7. The Hall–Kier alpha value is -2.33. The van der Waals surface area contributed by atoms with E-state index in [1.165, 1.54) is 42.9 Å². The van der Waals surface area contributed by atoms with Crippen LogP contribution >= 0.6 is 0 Å². The van der Waals surface area contributed by atoms with Crippen LogP contribution in [0.5, 0.6) is 0 Å². The molecule has 10 heteroatoms. The van der Waals surface area contributed by atoms with E-state index >= 15 is 0 Å². The molecule has 2 aliphatic rings. The third-order valence-electron chi connectivity index (χ3n) is 5.72. The summed E-state index contributed by atoms with van der Waals surface area (Å²) in [5.41, 5.74) is 0.439. The number of tetrazole rings is 1. The second kappa shape index (κ2) is 8.13. The summed E-state index contributed by atoms with van der Waals surface area (Å²) in [5.74, 6) is 0.758. The largest absolute Gasteiger partial charge is 0.396 e. The fraction of sp³-hybridized carbons (Fsp3) is 0.706. The normalized spacial score (nSPS) is 24.3. The lowest BCUT2D eigenvalue weighted by Gasteiger charge is -2.26. The summed E-state index contributed by atoms with van der Waals surface area (Å²) in [6, 6.07) is 0. The van der Waals surface area contributed by atoms with E-state index in [0.29, 0.717) is 30.4 Å². The van der Waals surface area contributed by atoms with Crippen molar-refractivity contribution in [2.75, 3.05) is 39.3 Å². The van der Waals surface area contributed by atoms with Crippen LogP contribution < -0.4 is 0 Å². The fourth-order valence-electron chi connectivity index (χ4n) is 4.21. The van der Waals surface area contributed by atoms with Crippen LogP contribution in [0.15, 0.2) is 12.5 Å². The molecule has 146 valence electrons. The molecule has 0 unspecified atom stereocenters. The third-order valence-corrected chi connectivity index (χ3v) is 5.72. The smallest absolute Gasteiger partial charge is 0.259 e. The number of hydrogen-bond donors (Lipinski definition) is 2. The molecule has 1 amide bonds. The number of carbonyl (C=O) groups is 1. The molecule has 0 radical (unpaired) electrons. The van der Waals surface area contributed by atoms with Crippen molar-refractivity contribution in [2.24, 2.45) is 11.8 Å². The molecule has 2 fully saturated rings. The maximum atomic E-state index is 13.1. The Balaban J connectivity index is 1.45. The Kier molecular flexibility index (Phi) is 5.44. The molecule has 0 aromatic carbocycles. The summed E-state index contributed by atoms with van der Waals surface area (Å²) in [6.45, 7) is 4.50. The van der Waals surface area contributed by atoms with Gasteiger partial charge in [-0.2, -0.15) is 9.78 Å². The van der Waals surface area contributed by atoms with Crippen molar-refractivity contribution in [1.82, 2.24) is 40.2 Å². The average molecular weight is 374 g/mol. The number of H-pyrrole nitrogens is 1. The highest BCUT2D eigenvalue weighted by Gasteiger charge is 2.37. The molecule has 2 aromatic heterocycles. The molecule has 2 N–H and O–H groups in total. The minimum atomic E-state index is -0.105. The number of carbonyl (C=O) groups excluding carboxylic acids is 1. The van der Waals surface area contributed by atoms with Crippen molar-refractivity contribution >= 4 is 5.91 Å². The van der Waals surface area contributed by atoms with Crippen LogP contribution in [-0.2, 0) is 0 Å². The molecule has 27 heavy (non-hydrogen) atoms. The number of likely N-dealkylation sites (tertiary alicyclic amines) is 2. The van der Waals surface area contributed by atoms with E-state index in [2.05, 4.69) is 30.6 Å². The first-order valence-corrected chi connectivity index (χ1v) is 9.65. The minimum absolute atomic E-state index is 0.105. The summed E-state index contributed by atoms with van der Waals surface area (Å²) < 4.78 is 1.40. The lowest BCUT2D eigenvalue weighted by Crippen LogP contribution is -2.35. The molecule has 2 atom stereocenters. The number of aliphatic hydroxyl groups excluding tert-OH is 1. The Bertz CT molecular complexity index is 738. The van der Waals surface area contributed by atoms with E-state index in [9.17, 15) is 9.90 Å². The number of aliphatic hydroxyl groups is 1. The monoisotopic (exact) mass is 374 g/mol. The van der Waals surface area contributed by atoms with Gasteiger partial charge in [-0.1, -0.05) is 12.8 Å². The first-order chi connectivity index (χ1) is 13.3. The second-order valence-electron chi connectivity index (χ2n) is 7.51. The van der Waals surface area contributed by atoms with Crippen LogP contribution in [0, 0.1) is 11.8 Å². The number of aromatic amines is 1. The second-order valence-corrected chi connectivity index (χ2v) is 7.51. The van der Waals surface area contributed by atoms with Gasteiger partial charge < -0.3 is 14.9 Å². The third kappa shape index (κ3) is 3.86. The van der Waals surface area contributed by atoms with Crippen molar-refractivity contribution in [2.45, 2.75) is 25.7 Å². The van der Waals surface area contributed by atoms with Crippen molar-refractivity contribution in [3.63, 3.8) is 0 Å². The predicted octanol–water partition coefficient (Wildman–Crippen LogP) is -0.0581. The van der Waals surface area contributed by atoms with Crippen LogP contribution in [0.25, 0.3) is 5.82 Å². The molecule has 0 aliphatic carbocycles. The van der Waals surface area contributed by atoms with Crippen LogP contribution in [0.2, 0.25) is 0 Å². The predicted molar refractivity (Wildman–Crippen MR) is 96.2 cm³/mol. The lowest BCUT2D eigenvalue weighted by molar-refractivity contribution is 0.0779. The first-order valence-electron chi connectivity index (χ1n) is 9.65. The summed E-state index contributed by atoms with van der Waals surface area (Å²) in [7, 11) is 0. The quantitative estimate of drug-likeness (QED) is 0.753. The SMILES string of the molecule is O=C(c1cn[nH]c1-n1cnnn1)N1C[C@@H](CN2CCCCCC2)[C@@H](CO)C1. The Morgan fingerprint density at radius 2 is 1.96 bits per heavy atom. The van der Waals surface area contributed by atoms with E-state index in [4.69, 9.17) is 0 Å². The molecule has 4 rings (SSSR count). The van der Waals surface area contributed by atoms with E-state index in [-0.39, 0.29) is 18.4 Å². The molecule has 2 aromatic rings. The number of hydrogen-bond acceptors (Lipinski definition) is 7. The van der Waals surface area contributed by atoms with Gasteiger partial charge in [0.05, 0.1) is 6.20 Å². The molecule has 2 aliphatic heterocycles. The van der Waals surface area contributed by atoms with Gasteiger partial charge in [0, 0.05) is 32.2 Å². The zero-order valence-corrected chi connectivity index (χ0v) is 15.4. The number of aromatic nitrogens is 6. The van der Waals surface area contributed by atoms with Gasteiger partial charge in [-0.25, -0.2) is 0 Å². The minimum Gasteiger partial charge on any atom is -0.396 e. The molecule has 0 bridgehead atoms. The average Bonchev–Trinajstić information content (AvgIpc) is 3.40. The van der Waals surface area contributed by atoms with Gasteiger partial charge in [0.15, 0.2) is 5.82 Å². The standard InChI is InChI=1S/C17H26N8O2/c26-11-14-10-24(9-13(14)8-23-5-3-1-2-4-6-23)17(27)15-7-18-20-16(15)25-12-19-21-22-25/h7,12-14,26H,1-6,8-11H2,(H,18,20)/t13-,14-/m1/s1. The maximum Gasteiger partial charge on any atom is 0.259 e. The lowest BCUT2D eigenvalue weighted by atomic mass is 9.96. The number of nitrogens with one attached hydrogen (secondary N) is 1. The summed E-state index contributed by atoms with van der Waals surface area (Å²) in [6.07, 6.45) is 8.01. The van der Waals surface area contributed by atoms with E-state index < -0.39 is 0 Å². The van der Waals surface area contributed by atoms with Gasteiger partial charge in [-0.3, -0.25) is 9.89 Å². The first kappa shape index (κ1) is 18.1. The fourth-order valence-corrected chi connectivity index (χ4v) is 4.21. The topological polar surface area (TPSA) is 116 Å². The van der Waals surface area contributed by atoms with Gasteiger partial charge in [-0.15, -0.1) is 5.10 Å². The Morgan fingerprint density at radius 1 is 1.19 bits per heavy atom. The summed E-state index contributed by atoms with van der Waals surface area (Å²) in [4.78, 5) is 17.4. The van der Waals surface area contributed by atoms with Crippen molar-refractivity contribution in [3.05, 3.63) is 18.1 Å². The van der Waals surface area contributed by atoms with Crippen LogP contribution in [0.1, 0.15) is 36.0 Å². The molecule has 0 saturated carbocycles. The Morgan fingerprint density at radius 3 is 2.67 bits per heavy atom. The highest BCUT2D eigenvalue weighted by Crippen LogP contribution is 2.27. The Labute approximate surface area is 157 Å². The number of nitrogens with zero attached hydrogens (tertiary/aromatic N) is 7. The van der Waals surface area contributed by atoms with Crippen LogP contribution in [0.4, 0.5) is 0 Å². The highest BCUT2D eigenvalue weighted by atomic mass is 16.3. The van der Waals surface area contributed by atoms with E-state index in [1.54, 1.807) is 0 Å². The zero-order chi connectivity index (χ0) is 18.6. The van der Waals surface area contributed by atoms with Crippen molar-refractivity contribution in [3.8, 4) is 5.82 Å². The van der Waals surface area contributed by atoms with Crippen molar-refractivity contribution in [1.29, 1.82) is 0 Å². The van der Waals surface area contributed by atoms with E-state index in [0.717, 1.165) is 19.6 Å². The van der Waals surface area contributed by atoms with Crippen molar-refractivity contribution < 1.29 is 9.90 Å². The summed E-state index contributed by atoms with van der Waals surface area (Å²) >= 11 is 0. The molecular formula is C17H26N8O2. The van der Waals surface area contributed by atoms with Gasteiger partial charge in [0.1, 0.15) is 11.9 Å². The van der Waals surface area contributed by atoms with Gasteiger partial charge in [-0.05, 0) is 42.3 Å². The number of rotatable bonds is 5. The zero-order valence-electron chi connectivity index (χ0n) is 15.4. The van der Waals surface area contributed by atoms with Crippen LogP contribution in [0.3, 0.4) is 0 Å². The van der Waals surface area contributed by atoms with Crippen LogP contribution in [-0.4, -0.2) is 90.5 Å². The molecule has 10 nitrogen and oxygen atoms in total. The number of amides is 1.